The quantitative estimate of drug-likeness (QED) is 0.894. The van der Waals surface area contributed by atoms with Crippen molar-refractivity contribution in [3.05, 3.63) is 33.8 Å². The van der Waals surface area contributed by atoms with E-state index in [1.807, 2.05) is 18.2 Å². The molecule has 0 heterocycles. The number of halogens is 2. The van der Waals surface area contributed by atoms with Gasteiger partial charge in [0.15, 0.2) is 0 Å². The zero-order valence-electron chi connectivity index (χ0n) is 10.3. The molecule has 0 unspecified atom stereocenters. The summed E-state index contributed by atoms with van der Waals surface area (Å²) in [5.41, 5.74) is 6.87. The van der Waals surface area contributed by atoms with Crippen molar-refractivity contribution in [1.29, 1.82) is 0 Å². The lowest BCUT2D eigenvalue weighted by Crippen LogP contribution is -2.37. The topological polar surface area (TPSA) is 46.2 Å². The molecule has 1 fully saturated rings. The summed E-state index contributed by atoms with van der Waals surface area (Å²) >= 11 is 12.1. The molecule has 0 amide bonds. The van der Waals surface area contributed by atoms with Crippen LogP contribution in [0.5, 0.6) is 0 Å². The molecule has 0 saturated heterocycles. The number of aliphatic hydroxyl groups excluding tert-OH is 1. The van der Waals surface area contributed by atoms with Crippen LogP contribution in [0.3, 0.4) is 0 Å². The second-order valence-electron chi connectivity index (χ2n) is 5.20. The zero-order valence-corrected chi connectivity index (χ0v) is 11.8. The van der Waals surface area contributed by atoms with Gasteiger partial charge >= 0.3 is 0 Å². The van der Waals surface area contributed by atoms with Gasteiger partial charge in [0.2, 0.25) is 0 Å². The lowest BCUT2D eigenvalue weighted by Gasteiger charge is -2.40. The van der Waals surface area contributed by atoms with E-state index in [-0.39, 0.29) is 11.5 Å². The van der Waals surface area contributed by atoms with E-state index in [0.29, 0.717) is 16.6 Å². The lowest BCUT2D eigenvalue weighted by molar-refractivity contribution is 0.0815. The highest BCUT2D eigenvalue weighted by atomic mass is 35.5. The molecule has 0 aromatic heterocycles. The molecule has 0 spiro atoms. The Hall–Kier alpha value is -0.280. The molecule has 1 aliphatic carbocycles. The van der Waals surface area contributed by atoms with E-state index in [0.717, 1.165) is 37.7 Å². The van der Waals surface area contributed by atoms with E-state index in [2.05, 4.69) is 0 Å². The lowest BCUT2D eigenvalue weighted by atomic mass is 9.66. The van der Waals surface area contributed by atoms with Gasteiger partial charge in [-0.1, -0.05) is 29.3 Å². The normalized spacial score (nSPS) is 28.3. The molecule has 2 nitrogen and oxygen atoms in total. The maximum Gasteiger partial charge on any atom is 0.0595 e. The van der Waals surface area contributed by atoms with Crippen LogP contribution in [0.25, 0.3) is 0 Å². The molecule has 0 bridgehead atoms. The Morgan fingerprint density at radius 2 is 2.11 bits per heavy atom. The minimum absolute atomic E-state index is 0.0410. The van der Waals surface area contributed by atoms with Crippen molar-refractivity contribution in [2.24, 2.45) is 5.73 Å². The van der Waals surface area contributed by atoms with Gasteiger partial charge < -0.3 is 10.8 Å². The average molecular weight is 288 g/mol. The SMILES string of the molecule is NCC[C@]1(c2ccc(Cl)c(Cl)c2)CCC[C@@H](O)C1. The number of hydrogen-bond acceptors (Lipinski definition) is 2. The first kappa shape index (κ1) is 14.1. The molecule has 1 saturated carbocycles. The van der Waals surface area contributed by atoms with Crippen LogP contribution in [-0.4, -0.2) is 17.8 Å². The van der Waals surface area contributed by atoms with E-state index >= 15 is 0 Å². The van der Waals surface area contributed by atoms with E-state index < -0.39 is 0 Å². The molecular weight excluding hydrogens is 269 g/mol. The molecule has 1 aromatic carbocycles. The summed E-state index contributed by atoms with van der Waals surface area (Å²) in [5.74, 6) is 0. The summed E-state index contributed by atoms with van der Waals surface area (Å²) in [6, 6.07) is 5.78. The highest BCUT2D eigenvalue weighted by molar-refractivity contribution is 6.42. The van der Waals surface area contributed by atoms with Gasteiger partial charge in [0, 0.05) is 0 Å². The first-order valence-corrected chi connectivity index (χ1v) is 7.17. The summed E-state index contributed by atoms with van der Waals surface area (Å²) in [6.45, 7) is 0.618. The van der Waals surface area contributed by atoms with Crippen molar-refractivity contribution in [2.45, 2.75) is 43.6 Å². The van der Waals surface area contributed by atoms with E-state index in [4.69, 9.17) is 28.9 Å². The Morgan fingerprint density at radius 3 is 2.72 bits per heavy atom. The first-order chi connectivity index (χ1) is 8.57. The Labute approximate surface area is 118 Å². The molecule has 1 aromatic rings. The predicted octanol–water partition coefficient (Wildman–Crippen LogP) is 3.51. The smallest absolute Gasteiger partial charge is 0.0595 e. The Bertz CT molecular complexity index is 420. The molecule has 2 atom stereocenters. The summed E-state index contributed by atoms with van der Waals surface area (Å²) in [4.78, 5) is 0. The summed E-state index contributed by atoms with van der Waals surface area (Å²) < 4.78 is 0. The van der Waals surface area contributed by atoms with Gasteiger partial charge in [0.1, 0.15) is 0 Å². The molecular formula is C14H19Cl2NO. The third-order valence-corrected chi connectivity index (χ3v) is 4.71. The highest BCUT2D eigenvalue weighted by Gasteiger charge is 2.36. The maximum absolute atomic E-state index is 9.96. The number of rotatable bonds is 3. The summed E-state index contributed by atoms with van der Waals surface area (Å²) in [6.07, 6.45) is 4.37. The monoisotopic (exact) mass is 287 g/mol. The van der Waals surface area contributed by atoms with Gasteiger partial charge in [-0.15, -0.1) is 0 Å². The van der Waals surface area contributed by atoms with Gasteiger partial charge in [0.05, 0.1) is 16.1 Å². The average Bonchev–Trinajstić information content (AvgIpc) is 2.33. The molecule has 18 heavy (non-hydrogen) atoms. The van der Waals surface area contributed by atoms with Crippen LogP contribution in [-0.2, 0) is 5.41 Å². The Kier molecular flexibility index (Phi) is 4.54. The number of benzene rings is 1. The fraction of sp³-hybridized carbons (Fsp3) is 0.571. The Balaban J connectivity index is 2.36. The highest BCUT2D eigenvalue weighted by Crippen LogP contribution is 2.43. The van der Waals surface area contributed by atoms with Gasteiger partial charge in [0.25, 0.3) is 0 Å². The van der Waals surface area contributed by atoms with Crippen molar-refractivity contribution in [3.8, 4) is 0 Å². The van der Waals surface area contributed by atoms with Crippen LogP contribution in [0.15, 0.2) is 18.2 Å². The maximum atomic E-state index is 9.96. The van der Waals surface area contributed by atoms with Crippen molar-refractivity contribution in [3.63, 3.8) is 0 Å². The van der Waals surface area contributed by atoms with Crippen LogP contribution in [0.2, 0.25) is 10.0 Å². The second kappa shape index (κ2) is 5.79. The van der Waals surface area contributed by atoms with E-state index in [1.165, 1.54) is 0 Å². The number of aliphatic hydroxyl groups is 1. The summed E-state index contributed by atoms with van der Waals surface area (Å²) in [5, 5.41) is 11.1. The number of hydrogen-bond donors (Lipinski definition) is 2. The fourth-order valence-electron chi connectivity index (χ4n) is 3.07. The Morgan fingerprint density at radius 1 is 1.33 bits per heavy atom. The molecule has 1 aliphatic rings. The van der Waals surface area contributed by atoms with Crippen LogP contribution in [0.4, 0.5) is 0 Å². The van der Waals surface area contributed by atoms with Gasteiger partial charge in [-0.3, -0.25) is 0 Å². The molecule has 0 radical (unpaired) electrons. The van der Waals surface area contributed by atoms with Crippen LogP contribution < -0.4 is 5.73 Å². The van der Waals surface area contributed by atoms with Crippen molar-refractivity contribution >= 4 is 23.2 Å². The van der Waals surface area contributed by atoms with Crippen molar-refractivity contribution in [1.82, 2.24) is 0 Å². The fourth-order valence-corrected chi connectivity index (χ4v) is 3.37. The molecule has 100 valence electrons. The van der Waals surface area contributed by atoms with Crippen molar-refractivity contribution < 1.29 is 5.11 Å². The van der Waals surface area contributed by atoms with Crippen LogP contribution >= 0.6 is 23.2 Å². The zero-order chi connectivity index (χ0) is 13.2. The van der Waals surface area contributed by atoms with Crippen LogP contribution in [0.1, 0.15) is 37.7 Å². The van der Waals surface area contributed by atoms with Gasteiger partial charge in [-0.05, 0) is 61.8 Å². The molecule has 3 N–H and O–H groups in total. The number of nitrogens with two attached hydrogens (primary N) is 1. The van der Waals surface area contributed by atoms with Gasteiger partial charge in [-0.25, -0.2) is 0 Å². The first-order valence-electron chi connectivity index (χ1n) is 6.41. The third kappa shape index (κ3) is 2.83. The second-order valence-corrected chi connectivity index (χ2v) is 6.01. The van der Waals surface area contributed by atoms with Gasteiger partial charge in [-0.2, -0.15) is 0 Å². The largest absolute Gasteiger partial charge is 0.393 e. The summed E-state index contributed by atoms with van der Waals surface area (Å²) in [7, 11) is 0. The van der Waals surface area contributed by atoms with E-state index in [1.54, 1.807) is 0 Å². The minimum Gasteiger partial charge on any atom is -0.393 e. The minimum atomic E-state index is -0.236. The van der Waals surface area contributed by atoms with Crippen molar-refractivity contribution in [2.75, 3.05) is 6.54 Å². The third-order valence-electron chi connectivity index (χ3n) is 3.97. The predicted molar refractivity (Wildman–Crippen MR) is 76.3 cm³/mol. The van der Waals surface area contributed by atoms with Crippen LogP contribution in [0, 0.1) is 0 Å². The molecule has 4 heteroatoms. The standard InChI is InChI=1S/C14H19Cl2NO/c15-12-4-3-10(8-13(12)16)14(6-7-17)5-1-2-11(18)9-14/h3-4,8,11,18H,1-2,5-7,9,17H2/t11-,14-/m1/s1. The molecule has 2 rings (SSSR count). The van der Waals surface area contributed by atoms with E-state index in [9.17, 15) is 5.11 Å². The molecule has 0 aliphatic heterocycles.